The third-order valence-electron chi connectivity index (χ3n) is 3.09. The molecule has 4 heteroatoms. The van der Waals surface area contributed by atoms with Crippen molar-refractivity contribution in [1.29, 1.82) is 0 Å². The molecule has 3 rings (SSSR count). The lowest BCUT2D eigenvalue weighted by atomic mass is 10.0. The van der Waals surface area contributed by atoms with E-state index >= 15 is 0 Å². The number of ether oxygens (including phenoxy) is 1. The van der Waals surface area contributed by atoms with Gasteiger partial charge in [0.1, 0.15) is 0 Å². The van der Waals surface area contributed by atoms with Crippen LogP contribution < -0.4 is 0 Å². The van der Waals surface area contributed by atoms with Gasteiger partial charge in [-0.15, -0.1) is 0 Å². The molecule has 0 spiro atoms. The van der Waals surface area contributed by atoms with Crippen LogP contribution in [0, 0.1) is 6.92 Å². The van der Waals surface area contributed by atoms with E-state index in [0.29, 0.717) is 18.2 Å². The van der Waals surface area contributed by atoms with Crippen LogP contribution in [0.5, 0.6) is 0 Å². The first-order valence-corrected chi connectivity index (χ1v) is 6.27. The number of rotatable bonds is 0. The van der Waals surface area contributed by atoms with Gasteiger partial charge in [0.15, 0.2) is 0 Å². The summed E-state index contributed by atoms with van der Waals surface area (Å²) in [5.74, 6) is 0. The molecule has 0 saturated heterocycles. The summed E-state index contributed by atoms with van der Waals surface area (Å²) in [6.45, 7) is 3.26. The van der Waals surface area contributed by atoms with Crippen LogP contribution in [-0.2, 0) is 17.8 Å². The largest absolute Gasteiger partial charge is 0.376 e. The topological polar surface area (TPSA) is 22.1 Å². The fourth-order valence-electron chi connectivity index (χ4n) is 2.24. The van der Waals surface area contributed by atoms with E-state index < -0.39 is 0 Å². The molecule has 0 N–H and O–H groups in total. The van der Waals surface area contributed by atoms with Crippen LogP contribution in [0.15, 0.2) is 12.1 Å². The molecule has 0 radical (unpaired) electrons. The molecular weight excluding hydrogens is 257 g/mol. The highest BCUT2D eigenvalue weighted by molar-refractivity contribution is 6.37. The van der Waals surface area contributed by atoms with E-state index in [0.717, 1.165) is 39.2 Å². The minimum Gasteiger partial charge on any atom is -0.376 e. The lowest BCUT2D eigenvalue weighted by Gasteiger charge is -2.19. The molecule has 0 saturated carbocycles. The number of aryl methyl sites for hydroxylation is 1. The molecule has 0 atom stereocenters. The quantitative estimate of drug-likeness (QED) is 0.722. The van der Waals surface area contributed by atoms with E-state index in [2.05, 4.69) is 0 Å². The Hall–Kier alpha value is -0.830. The molecule has 1 aliphatic rings. The number of halogens is 2. The van der Waals surface area contributed by atoms with Gasteiger partial charge < -0.3 is 4.74 Å². The van der Waals surface area contributed by atoms with Crippen LogP contribution >= 0.6 is 23.2 Å². The van der Waals surface area contributed by atoms with Gasteiger partial charge in [-0.3, -0.25) is 4.98 Å². The van der Waals surface area contributed by atoms with Crippen LogP contribution in [0.2, 0.25) is 10.0 Å². The van der Waals surface area contributed by atoms with E-state index in [1.165, 1.54) is 0 Å². The van der Waals surface area contributed by atoms with Gasteiger partial charge in [-0.25, -0.2) is 0 Å². The van der Waals surface area contributed by atoms with Crippen molar-refractivity contribution in [2.24, 2.45) is 0 Å². The first-order valence-electron chi connectivity index (χ1n) is 5.51. The molecule has 17 heavy (non-hydrogen) atoms. The molecule has 1 aliphatic heterocycles. The zero-order chi connectivity index (χ0) is 12.0. The van der Waals surface area contributed by atoms with Gasteiger partial charge in [-0.2, -0.15) is 0 Å². The lowest BCUT2D eigenvalue weighted by molar-refractivity contribution is 0.109. The molecule has 2 heterocycles. The lowest BCUT2D eigenvalue weighted by Crippen LogP contribution is -2.12. The molecule has 0 fully saturated rings. The Kier molecular flexibility index (Phi) is 2.74. The highest BCUT2D eigenvalue weighted by Gasteiger charge is 2.18. The smallest absolute Gasteiger partial charge is 0.0750 e. The standard InChI is InChI=1S/C13H11Cl2NO/c1-7-4-8(14)5-9-12(15)10-6-17-3-2-11(10)16-13(7)9/h4-5H,2-3,6H2,1H3. The molecule has 1 aromatic carbocycles. The predicted molar refractivity (Wildman–Crippen MR) is 69.9 cm³/mol. The Bertz CT molecular complexity index is 610. The summed E-state index contributed by atoms with van der Waals surface area (Å²) in [5.41, 5.74) is 4.06. The molecule has 88 valence electrons. The summed E-state index contributed by atoms with van der Waals surface area (Å²) in [5, 5.41) is 2.34. The van der Waals surface area contributed by atoms with Gasteiger partial charge in [-0.05, 0) is 24.6 Å². The Morgan fingerprint density at radius 3 is 2.94 bits per heavy atom. The van der Waals surface area contributed by atoms with Crippen molar-refractivity contribution < 1.29 is 4.74 Å². The Morgan fingerprint density at radius 1 is 1.29 bits per heavy atom. The van der Waals surface area contributed by atoms with Gasteiger partial charge in [0.25, 0.3) is 0 Å². The maximum Gasteiger partial charge on any atom is 0.0750 e. The summed E-state index contributed by atoms with van der Waals surface area (Å²) in [4.78, 5) is 4.69. The fraction of sp³-hybridized carbons (Fsp3) is 0.308. The van der Waals surface area contributed by atoms with Gasteiger partial charge in [0.2, 0.25) is 0 Å². The summed E-state index contributed by atoms with van der Waals surface area (Å²) in [6.07, 6.45) is 0.826. The van der Waals surface area contributed by atoms with Crippen LogP contribution in [0.25, 0.3) is 10.9 Å². The predicted octanol–water partition coefficient (Wildman–Crippen LogP) is 3.92. The molecule has 0 amide bonds. The van der Waals surface area contributed by atoms with Gasteiger partial charge >= 0.3 is 0 Å². The highest BCUT2D eigenvalue weighted by Crippen LogP contribution is 2.34. The first kappa shape index (κ1) is 11.3. The van der Waals surface area contributed by atoms with E-state index in [1.807, 2.05) is 19.1 Å². The van der Waals surface area contributed by atoms with E-state index in [-0.39, 0.29) is 0 Å². The minimum absolute atomic E-state index is 0.544. The van der Waals surface area contributed by atoms with E-state index in [1.54, 1.807) is 0 Å². The molecule has 1 aromatic heterocycles. The molecule has 2 nitrogen and oxygen atoms in total. The monoisotopic (exact) mass is 267 g/mol. The molecule has 0 aliphatic carbocycles. The third kappa shape index (κ3) is 1.81. The SMILES string of the molecule is Cc1cc(Cl)cc2c(Cl)c3c(nc12)CCOC3. The number of aromatic nitrogens is 1. The van der Waals surface area contributed by atoms with Gasteiger partial charge in [0, 0.05) is 22.4 Å². The zero-order valence-electron chi connectivity index (χ0n) is 9.39. The summed E-state index contributed by atoms with van der Waals surface area (Å²) in [6, 6.07) is 3.78. The normalized spacial score (nSPS) is 15.0. The summed E-state index contributed by atoms with van der Waals surface area (Å²) in [7, 11) is 0. The number of nitrogens with zero attached hydrogens (tertiary/aromatic N) is 1. The van der Waals surface area contributed by atoms with Gasteiger partial charge in [-0.1, -0.05) is 23.2 Å². The number of hydrogen-bond donors (Lipinski definition) is 0. The minimum atomic E-state index is 0.544. The number of hydrogen-bond acceptors (Lipinski definition) is 2. The van der Waals surface area contributed by atoms with Crippen LogP contribution in [0.3, 0.4) is 0 Å². The Morgan fingerprint density at radius 2 is 2.12 bits per heavy atom. The molecule has 2 aromatic rings. The van der Waals surface area contributed by atoms with E-state index in [9.17, 15) is 0 Å². The van der Waals surface area contributed by atoms with Crippen molar-refractivity contribution >= 4 is 34.1 Å². The Balaban J connectivity index is 2.40. The van der Waals surface area contributed by atoms with Crippen molar-refractivity contribution in [3.8, 4) is 0 Å². The zero-order valence-corrected chi connectivity index (χ0v) is 10.9. The second-order valence-corrected chi connectivity index (χ2v) is 5.09. The molecule has 0 unspecified atom stereocenters. The highest BCUT2D eigenvalue weighted by atomic mass is 35.5. The van der Waals surface area contributed by atoms with Crippen molar-refractivity contribution in [3.63, 3.8) is 0 Å². The second-order valence-electron chi connectivity index (χ2n) is 4.27. The van der Waals surface area contributed by atoms with Crippen molar-refractivity contribution in [1.82, 2.24) is 4.98 Å². The average Bonchev–Trinajstić information content (AvgIpc) is 2.31. The van der Waals surface area contributed by atoms with Crippen molar-refractivity contribution in [2.45, 2.75) is 20.0 Å². The number of benzene rings is 1. The average molecular weight is 268 g/mol. The van der Waals surface area contributed by atoms with E-state index in [4.69, 9.17) is 32.9 Å². The maximum absolute atomic E-state index is 6.42. The van der Waals surface area contributed by atoms with Crippen LogP contribution in [0.4, 0.5) is 0 Å². The summed E-state index contributed by atoms with van der Waals surface area (Å²) < 4.78 is 5.43. The number of pyridine rings is 1. The van der Waals surface area contributed by atoms with Crippen molar-refractivity contribution in [2.75, 3.05) is 6.61 Å². The van der Waals surface area contributed by atoms with Crippen LogP contribution in [0.1, 0.15) is 16.8 Å². The molecule has 0 bridgehead atoms. The Labute approximate surface area is 110 Å². The van der Waals surface area contributed by atoms with Crippen molar-refractivity contribution in [3.05, 3.63) is 39.0 Å². The third-order valence-corrected chi connectivity index (χ3v) is 3.74. The fourth-order valence-corrected chi connectivity index (χ4v) is 2.82. The number of fused-ring (bicyclic) bond motifs is 2. The summed E-state index contributed by atoms with van der Waals surface area (Å²) >= 11 is 12.5. The van der Waals surface area contributed by atoms with Crippen LogP contribution in [-0.4, -0.2) is 11.6 Å². The van der Waals surface area contributed by atoms with Gasteiger partial charge in [0.05, 0.1) is 29.4 Å². The first-order chi connectivity index (χ1) is 8.16. The molecular formula is C13H11Cl2NO. The second kappa shape index (κ2) is 4.13. The maximum atomic E-state index is 6.42.